The van der Waals surface area contributed by atoms with Gasteiger partial charge in [-0.2, -0.15) is 0 Å². The fraction of sp³-hybridized carbons (Fsp3) is 0.600. The van der Waals surface area contributed by atoms with E-state index in [-0.39, 0.29) is 29.8 Å². The van der Waals surface area contributed by atoms with E-state index in [1.807, 2.05) is 20.8 Å². The molecule has 0 unspecified atom stereocenters. The summed E-state index contributed by atoms with van der Waals surface area (Å²) < 4.78 is 0. The first-order valence-corrected chi connectivity index (χ1v) is 7.42. The van der Waals surface area contributed by atoms with E-state index in [2.05, 4.69) is 15.4 Å². The number of aryl methyl sites for hydroxylation is 1. The summed E-state index contributed by atoms with van der Waals surface area (Å²) >= 11 is 0. The second kappa shape index (κ2) is 9.09. The highest BCUT2D eigenvalue weighted by molar-refractivity contribution is 5.92. The van der Waals surface area contributed by atoms with Crippen molar-refractivity contribution in [1.82, 2.24) is 20.3 Å². The molecular formula is C15H24N4O3. The first-order valence-electron chi connectivity index (χ1n) is 7.42. The Morgan fingerprint density at radius 2 is 2.05 bits per heavy atom. The number of rotatable bonds is 8. The monoisotopic (exact) mass is 308 g/mol. The fourth-order valence-corrected chi connectivity index (χ4v) is 1.82. The normalized spacial score (nSPS) is 10.6. The van der Waals surface area contributed by atoms with Crippen LogP contribution in [0.3, 0.4) is 0 Å². The Hall–Kier alpha value is -2.02. The molecule has 1 rings (SSSR count). The summed E-state index contributed by atoms with van der Waals surface area (Å²) in [6.07, 6.45) is 3.20. The Morgan fingerprint density at radius 1 is 1.32 bits per heavy atom. The van der Waals surface area contributed by atoms with E-state index in [1.165, 1.54) is 6.20 Å². The van der Waals surface area contributed by atoms with Gasteiger partial charge in [0, 0.05) is 25.7 Å². The van der Waals surface area contributed by atoms with Crippen molar-refractivity contribution in [1.29, 1.82) is 0 Å². The van der Waals surface area contributed by atoms with Crippen LogP contribution < -0.4 is 5.48 Å². The quantitative estimate of drug-likeness (QED) is 0.733. The van der Waals surface area contributed by atoms with Crippen molar-refractivity contribution in [3.8, 4) is 0 Å². The number of amides is 2. The molecule has 122 valence electrons. The van der Waals surface area contributed by atoms with Gasteiger partial charge in [0.2, 0.25) is 5.91 Å². The number of carbonyl (C=O) groups is 2. The zero-order chi connectivity index (χ0) is 16.5. The summed E-state index contributed by atoms with van der Waals surface area (Å²) in [7, 11) is 0. The van der Waals surface area contributed by atoms with Crippen molar-refractivity contribution in [2.45, 2.75) is 34.1 Å². The van der Waals surface area contributed by atoms with Crippen LogP contribution in [0.15, 0.2) is 12.4 Å². The molecule has 1 N–H and O–H groups in total. The average Bonchev–Trinajstić information content (AvgIpc) is 2.49. The summed E-state index contributed by atoms with van der Waals surface area (Å²) in [5.74, 6) is -0.180. The summed E-state index contributed by atoms with van der Waals surface area (Å²) in [6.45, 7) is 8.89. The number of nitrogens with zero attached hydrogens (tertiary/aromatic N) is 3. The summed E-state index contributed by atoms with van der Waals surface area (Å²) in [5.41, 5.74) is 3.36. The Morgan fingerprint density at radius 3 is 2.59 bits per heavy atom. The molecule has 1 aromatic heterocycles. The third-order valence-electron chi connectivity index (χ3n) is 2.81. The minimum atomic E-state index is -0.251. The van der Waals surface area contributed by atoms with Gasteiger partial charge in [-0.05, 0) is 19.8 Å². The third-order valence-corrected chi connectivity index (χ3v) is 2.81. The summed E-state index contributed by atoms with van der Waals surface area (Å²) in [5, 5.41) is 0. The van der Waals surface area contributed by atoms with E-state index in [0.717, 1.165) is 5.69 Å². The van der Waals surface area contributed by atoms with Crippen LogP contribution >= 0.6 is 0 Å². The molecule has 0 fully saturated rings. The molecule has 0 atom stereocenters. The van der Waals surface area contributed by atoms with Gasteiger partial charge in [-0.1, -0.05) is 13.8 Å². The molecule has 0 aliphatic heterocycles. The number of nitrogens with one attached hydrogen (secondary N) is 1. The first-order chi connectivity index (χ1) is 10.4. The lowest BCUT2D eigenvalue weighted by Crippen LogP contribution is -2.38. The highest BCUT2D eigenvalue weighted by atomic mass is 16.6. The van der Waals surface area contributed by atoms with Crippen LogP contribution in [0.25, 0.3) is 0 Å². The van der Waals surface area contributed by atoms with Gasteiger partial charge in [0.25, 0.3) is 5.91 Å². The summed E-state index contributed by atoms with van der Waals surface area (Å²) in [4.78, 5) is 38.7. The Balaban J connectivity index is 2.68. The number of aromatic nitrogens is 2. The van der Waals surface area contributed by atoms with Crippen molar-refractivity contribution < 1.29 is 14.4 Å². The second-order valence-corrected chi connectivity index (χ2v) is 5.40. The van der Waals surface area contributed by atoms with Gasteiger partial charge < -0.3 is 4.90 Å². The third kappa shape index (κ3) is 6.17. The molecule has 0 bridgehead atoms. The van der Waals surface area contributed by atoms with E-state index < -0.39 is 0 Å². The molecule has 2 amide bonds. The first kappa shape index (κ1) is 18.0. The van der Waals surface area contributed by atoms with Crippen molar-refractivity contribution in [3.63, 3.8) is 0 Å². The van der Waals surface area contributed by atoms with Crippen molar-refractivity contribution >= 4 is 11.8 Å². The van der Waals surface area contributed by atoms with Gasteiger partial charge in [-0.25, -0.2) is 10.5 Å². The van der Waals surface area contributed by atoms with Crippen molar-refractivity contribution in [2.24, 2.45) is 5.92 Å². The standard InChI is InChI=1S/C15H24N4O3/c1-5-22-18-14(20)6-7-19(10-11(2)3)15(21)13-9-16-12(4)8-17-13/h8-9,11H,5-7,10H2,1-4H3,(H,18,20). The van der Waals surface area contributed by atoms with Crippen LogP contribution in [0.1, 0.15) is 43.4 Å². The maximum atomic E-state index is 12.5. The van der Waals surface area contributed by atoms with E-state index in [1.54, 1.807) is 18.0 Å². The fourth-order valence-electron chi connectivity index (χ4n) is 1.82. The van der Waals surface area contributed by atoms with Crippen LogP contribution in [0.5, 0.6) is 0 Å². The lowest BCUT2D eigenvalue weighted by atomic mass is 10.2. The molecule has 7 nitrogen and oxygen atoms in total. The van der Waals surface area contributed by atoms with Crippen LogP contribution in [-0.2, 0) is 9.63 Å². The molecule has 1 aromatic rings. The molecule has 0 aliphatic rings. The average molecular weight is 308 g/mol. The predicted octanol–water partition coefficient (Wildman–Crippen LogP) is 1.34. The van der Waals surface area contributed by atoms with Gasteiger partial charge in [-0.3, -0.25) is 19.4 Å². The lowest BCUT2D eigenvalue weighted by molar-refractivity contribution is -0.133. The Kier molecular flexibility index (Phi) is 7.45. The van der Waals surface area contributed by atoms with E-state index in [9.17, 15) is 9.59 Å². The Bertz CT molecular complexity index is 488. The molecular weight excluding hydrogens is 284 g/mol. The topological polar surface area (TPSA) is 84.4 Å². The van der Waals surface area contributed by atoms with Crippen LogP contribution in [-0.4, -0.2) is 46.4 Å². The zero-order valence-corrected chi connectivity index (χ0v) is 13.6. The van der Waals surface area contributed by atoms with Crippen molar-refractivity contribution in [3.05, 3.63) is 23.8 Å². The SMILES string of the molecule is CCONC(=O)CCN(CC(C)C)C(=O)c1cnc(C)cn1. The molecule has 0 spiro atoms. The van der Waals surface area contributed by atoms with Crippen LogP contribution in [0.2, 0.25) is 0 Å². The molecule has 0 aliphatic carbocycles. The minimum Gasteiger partial charge on any atom is -0.336 e. The second-order valence-electron chi connectivity index (χ2n) is 5.40. The largest absolute Gasteiger partial charge is 0.336 e. The molecule has 0 radical (unpaired) electrons. The van der Waals surface area contributed by atoms with Crippen LogP contribution in [0, 0.1) is 12.8 Å². The predicted molar refractivity (Wildman–Crippen MR) is 81.9 cm³/mol. The Labute approximate surface area is 131 Å². The maximum absolute atomic E-state index is 12.5. The van der Waals surface area contributed by atoms with E-state index in [0.29, 0.717) is 19.7 Å². The van der Waals surface area contributed by atoms with Gasteiger partial charge in [0.1, 0.15) is 5.69 Å². The molecule has 1 heterocycles. The molecule has 0 saturated carbocycles. The smallest absolute Gasteiger partial charge is 0.274 e. The zero-order valence-electron chi connectivity index (χ0n) is 13.6. The van der Waals surface area contributed by atoms with Gasteiger partial charge in [-0.15, -0.1) is 0 Å². The number of carbonyl (C=O) groups excluding carboxylic acids is 2. The highest BCUT2D eigenvalue weighted by Gasteiger charge is 2.19. The van der Waals surface area contributed by atoms with Gasteiger partial charge in [0.15, 0.2) is 0 Å². The molecule has 22 heavy (non-hydrogen) atoms. The highest BCUT2D eigenvalue weighted by Crippen LogP contribution is 2.06. The number of hydrogen-bond acceptors (Lipinski definition) is 5. The van der Waals surface area contributed by atoms with E-state index in [4.69, 9.17) is 4.84 Å². The molecule has 0 aromatic carbocycles. The number of hydrogen-bond donors (Lipinski definition) is 1. The molecule has 0 saturated heterocycles. The minimum absolute atomic E-state index is 0.178. The van der Waals surface area contributed by atoms with Crippen LogP contribution in [0.4, 0.5) is 0 Å². The maximum Gasteiger partial charge on any atom is 0.274 e. The lowest BCUT2D eigenvalue weighted by Gasteiger charge is -2.24. The van der Waals surface area contributed by atoms with Crippen molar-refractivity contribution in [2.75, 3.05) is 19.7 Å². The molecule has 7 heteroatoms. The van der Waals surface area contributed by atoms with E-state index >= 15 is 0 Å². The van der Waals surface area contributed by atoms with Gasteiger partial charge in [0.05, 0.1) is 18.5 Å². The number of hydroxylamine groups is 1. The van der Waals surface area contributed by atoms with Gasteiger partial charge >= 0.3 is 0 Å². The summed E-state index contributed by atoms with van der Waals surface area (Å²) in [6, 6.07) is 0.